The van der Waals surface area contributed by atoms with Crippen molar-refractivity contribution in [2.24, 2.45) is 7.05 Å². The first-order valence-electron chi connectivity index (χ1n) is 14.5. The number of carboxylic acid groups (broad SMARTS) is 1. The summed E-state index contributed by atoms with van der Waals surface area (Å²) in [5.74, 6) is -6.22. The van der Waals surface area contributed by atoms with Gasteiger partial charge >= 0.3 is 18.3 Å². The van der Waals surface area contributed by atoms with Gasteiger partial charge in [-0.15, -0.1) is 0 Å². The molecule has 2 aromatic heterocycles. The minimum absolute atomic E-state index is 0.0247. The molecule has 2 atom stereocenters. The quantitative estimate of drug-likeness (QED) is 0.249. The van der Waals surface area contributed by atoms with Gasteiger partial charge in [0.05, 0.1) is 29.9 Å². The van der Waals surface area contributed by atoms with Crippen LogP contribution in [0.2, 0.25) is 0 Å². The topological polar surface area (TPSA) is 114 Å². The van der Waals surface area contributed by atoms with Crippen molar-refractivity contribution >= 4 is 28.5 Å². The summed E-state index contributed by atoms with van der Waals surface area (Å²) in [6.07, 6.45) is -8.11. The number of anilines is 1. The molecule has 0 aliphatic carbocycles. The van der Waals surface area contributed by atoms with Gasteiger partial charge in [0, 0.05) is 49.0 Å². The fraction of sp³-hybridized carbons (Fsp3) is 0.312. The van der Waals surface area contributed by atoms with Crippen molar-refractivity contribution in [3.05, 3.63) is 93.0 Å². The van der Waals surface area contributed by atoms with Crippen LogP contribution in [0.4, 0.5) is 40.8 Å². The highest BCUT2D eigenvalue weighted by atomic mass is 19.4. The molecule has 17 heteroatoms. The Morgan fingerprint density at radius 1 is 1.10 bits per heavy atom. The number of hydrogen-bond donors (Lipinski definition) is 2. The van der Waals surface area contributed by atoms with E-state index in [-0.39, 0.29) is 46.3 Å². The Kier molecular flexibility index (Phi) is 9.42. The van der Waals surface area contributed by atoms with Crippen molar-refractivity contribution in [2.45, 2.75) is 37.8 Å². The number of benzene rings is 2. The monoisotopic (exact) mass is 698 g/mol. The van der Waals surface area contributed by atoms with E-state index in [0.717, 1.165) is 18.5 Å². The maximum Gasteiger partial charge on any atom is 0.418 e. The lowest BCUT2D eigenvalue weighted by Crippen LogP contribution is -2.53. The second-order valence-electron chi connectivity index (χ2n) is 11.3. The third kappa shape index (κ3) is 6.93. The Balaban J connectivity index is 1.48. The zero-order valence-corrected chi connectivity index (χ0v) is 25.5. The molecule has 0 saturated carbocycles. The number of fused-ring (bicyclic) bond motifs is 1. The zero-order chi connectivity index (χ0) is 36.0. The van der Waals surface area contributed by atoms with Crippen molar-refractivity contribution in [2.75, 3.05) is 24.7 Å². The number of hydrogen-bond acceptors (Lipinski definition) is 6. The lowest BCUT2D eigenvalue weighted by Gasteiger charge is -2.38. The molecule has 2 N–H and O–H groups in total. The largest absolute Gasteiger partial charge is 0.480 e. The van der Waals surface area contributed by atoms with Gasteiger partial charge in [0.1, 0.15) is 29.3 Å². The molecular weight excluding hydrogens is 672 g/mol. The molecule has 0 unspecified atom stereocenters. The minimum Gasteiger partial charge on any atom is -0.480 e. The molecule has 0 radical (unpaired) electrons. The lowest BCUT2D eigenvalue weighted by atomic mass is 9.92. The van der Waals surface area contributed by atoms with E-state index in [0.29, 0.717) is 23.2 Å². The fourth-order valence-electron chi connectivity index (χ4n) is 5.81. The molecule has 260 valence electrons. The summed E-state index contributed by atoms with van der Waals surface area (Å²) in [7, 11) is 1.16. The number of nitrogens with one attached hydrogen (secondary N) is 1. The number of morpholine rings is 1. The Bertz CT molecular complexity index is 1990. The average molecular weight is 699 g/mol. The van der Waals surface area contributed by atoms with Gasteiger partial charge in [0.15, 0.2) is 0 Å². The van der Waals surface area contributed by atoms with Crippen LogP contribution >= 0.6 is 0 Å². The Morgan fingerprint density at radius 2 is 1.78 bits per heavy atom. The highest BCUT2D eigenvalue weighted by Crippen LogP contribution is 2.37. The van der Waals surface area contributed by atoms with E-state index in [1.165, 1.54) is 30.5 Å². The van der Waals surface area contributed by atoms with Crippen LogP contribution in [-0.4, -0.2) is 64.6 Å². The van der Waals surface area contributed by atoms with Crippen molar-refractivity contribution < 1.29 is 54.6 Å². The second kappa shape index (κ2) is 13.1. The van der Waals surface area contributed by atoms with Crippen LogP contribution in [0.3, 0.4) is 0 Å². The molecule has 49 heavy (non-hydrogen) atoms. The zero-order valence-electron chi connectivity index (χ0n) is 25.5. The molecule has 1 fully saturated rings. The number of aliphatic carboxylic acids is 1. The third-order valence-electron chi connectivity index (χ3n) is 8.19. The Morgan fingerprint density at radius 3 is 2.39 bits per heavy atom. The van der Waals surface area contributed by atoms with E-state index >= 15 is 8.78 Å². The molecule has 9 nitrogen and oxygen atoms in total. The minimum atomic E-state index is -4.79. The second-order valence-corrected chi connectivity index (χ2v) is 11.3. The number of nitrogens with zero attached hydrogens (tertiary/aromatic N) is 3. The van der Waals surface area contributed by atoms with Crippen LogP contribution in [-0.2, 0) is 29.2 Å². The Hall–Kier alpha value is -5.06. The van der Waals surface area contributed by atoms with E-state index in [1.54, 1.807) is 0 Å². The van der Waals surface area contributed by atoms with E-state index < -0.39 is 83.3 Å². The van der Waals surface area contributed by atoms with Crippen molar-refractivity contribution in [3.8, 4) is 11.1 Å². The number of rotatable bonds is 7. The smallest absolute Gasteiger partial charge is 0.418 e. The predicted molar refractivity (Wildman–Crippen MR) is 159 cm³/mol. The van der Waals surface area contributed by atoms with Crippen LogP contribution in [0.25, 0.3) is 22.0 Å². The standard InChI is InChI=1S/C32H26F8N4O5/c1-15-20(31(35,36)37)13-43(2)29(46)25(15)19-6-5-16(18-4-3-7-41-27(18)19)10-23(30(47)48)42-28(45)26-21(33)11-17(12-22(26)34)44-8-9-49-14-24(44)32(38,39)40/h3-7,11-13,23-24H,8-10,14H2,1-2H3,(H,42,45)(H,47,48)/t23-,24+/m0/s1. The number of halogens is 8. The SMILES string of the molecule is Cc1c(C(F)(F)F)cn(C)c(=O)c1-c1ccc(C[C@H](NC(=O)c2c(F)cc(N3CCOC[C@@H]3C(F)(F)F)cc2F)C(=O)O)c2cccnc12. The van der Waals surface area contributed by atoms with Gasteiger partial charge in [-0.3, -0.25) is 14.6 Å². The molecule has 1 aliphatic rings. The molecular formula is C32H26F8N4O5. The lowest BCUT2D eigenvalue weighted by molar-refractivity contribution is -0.167. The number of carbonyl (C=O) groups is 2. The molecule has 1 amide bonds. The number of aromatic nitrogens is 2. The maximum absolute atomic E-state index is 15.1. The molecule has 1 saturated heterocycles. The molecule has 0 spiro atoms. The van der Waals surface area contributed by atoms with Gasteiger partial charge < -0.3 is 24.6 Å². The number of carbonyl (C=O) groups excluding carboxylic acids is 1. The normalized spacial score (nSPS) is 16.1. The van der Waals surface area contributed by atoms with E-state index in [9.17, 15) is 45.8 Å². The van der Waals surface area contributed by atoms with Crippen molar-refractivity contribution in [1.82, 2.24) is 14.9 Å². The van der Waals surface area contributed by atoms with Gasteiger partial charge in [-0.1, -0.05) is 18.2 Å². The first kappa shape index (κ1) is 35.3. The van der Waals surface area contributed by atoms with Crippen molar-refractivity contribution in [3.63, 3.8) is 0 Å². The van der Waals surface area contributed by atoms with Gasteiger partial charge in [0.25, 0.3) is 11.5 Å². The van der Waals surface area contributed by atoms with E-state index in [2.05, 4.69) is 4.98 Å². The molecule has 1 aliphatic heterocycles. The third-order valence-corrected chi connectivity index (χ3v) is 8.19. The molecule has 2 aromatic carbocycles. The van der Waals surface area contributed by atoms with Gasteiger partial charge in [-0.25, -0.2) is 13.6 Å². The van der Waals surface area contributed by atoms with Gasteiger partial charge in [-0.2, -0.15) is 26.3 Å². The van der Waals surface area contributed by atoms with Gasteiger partial charge in [-0.05, 0) is 36.2 Å². The average Bonchev–Trinajstić information content (AvgIpc) is 3.02. The summed E-state index contributed by atoms with van der Waals surface area (Å²) < 4.78 is 118. The van der Waals surface area contributed by atoms with Crippen LogP contribution in [0, 0.1) is 18.6 Å². The maximum atomic E-state index is 15.1. The summed E-state index contributed by atoms with van der Waals surface area (Å²) in [6, 6.07) is 2.58. The summed E-state index contributed by atoms with van der Waals surface area (Å²) in [5.41, 5.74) is -3.92. The number of pyridine rings is 2. The highest BCUT2D eigenvalue weighted by molar-refractivity contribution is 5.99. The molecule has 4 aromatic rings. The highest BCUT2D eigenvalue weighted by Gasteiger charge is 2.46. The van der Waals surface area contributed by atoms with Crippen LogP contribution in [0.5, 0.6) is 0 Å². The fourth-order valence-corrected chi connectivity index (χ4v) is 5.81. The van der Waals surface area contributed by atoms with Gasteiger partial charge in [0.2, 0.25) is 0 Å². The predicted octanol–water partition coefficient (Wildman–Crippen LogP) is 5.40. The Labute approximate surface area is 271 Å². The molecule has 0 bridgehead atoms. The number of alkyl halides is 6. The summed E-state index contributed by atoms with van der Waals surface area (Å²) in [6.45, 7) is -0.145. The van der Waals surface area contributed by atoms with E-state index in [4.69, 9.17) is 4.74 Å². The van der Waals surface area contributed by atoms with E-state index in [1.807, 2.05) is 5.32 Å². The van der Waals surface area contributed by atoms with Crippen LogP contribution < -0.4 is 15.8 Å². The van der Waals surface area contributed by atoms with Crippen molar-refractivity contribution in [1.29, 1.82) is 0 Å². The summed E-state index contributed by atoms with van der Waals surface area (Å²) in [4.78, 5) is 43.2. The number of carboxylic acids is 1. The molecule has 3 heterocycles. The van der Waals surface area contributed by atoms with Crippen LogP contribution in [0.1, 0.15) is 27.0 Å². The number of ether oxygens (including phenoxy) is 1. The first-order chi connectivity index (χ1) is 22.9. The first-order valence-corrected chi connectivity index (χ1v) is 14.5. The number of aryl methyl sites for hydroxylation is 1. The summed E-state index contributed by atoms with van der Waals surface area (Å²) in [5, 5.41) is 12.1. The summed E-state index contributed by atoms with van der Waals surface area (Å²) >= 11 is 0. The number of amides is 1. The molecule has 5 rings (SSSR count). The van der Waals surface area contributed by atoms with Crippen LogP contribution in [0.15, 0.2) is 53.6 Å².